The molecule has 0 saturated carbocycles. The molecule has 5 heteroatoms. The molecule has 1 rings (SSSR count). The molecule has 0 aromatic rings. The van der Waals surface area contributed by atoms with Crippen LogP contribution in [0.15, 0.2) is 0 Å². The molecule has 1 atom stereocenters. The Hall–Kier alpha value is -0.810. The van der Waals surface area contributed by atoms with Crippen LogP contribution in [-0.2, 0) is 9.47 Å². The Labute approximate surface area is 116 Å². The second-order valence-corrected chi connectivity index (χ2v) is 5.43. The van der Waals surface area contributed by atoms with Crippen LogP contribution in [0.5, 0.6) is 0 Å². The summed E-state index contributed by atoms with van der Waals surface area (Å²) in [5.41, 5.74) is 0. The van der Waals surface area contributed by atoms with Crippen molar-refractivity contribution < 1.29 is 14.3 Å². The zero-order valence-electron chi connectivity index (χ0n) is 12.6. The maximum atomic E-state index is 11.6. The van der Waals surface area contributed by atoms with Gasteiger partial charge in [0.1, 0.15) is 0 Å². The average molecular weight is 272 g/mol. The first-order chi connectivity index (χ1) is 9.08. The van der Waals surface area contributed by atoms with E-state index in [2.05, 4.69) is 19.2 Å². The summed E-state index contributed by atoms with van der Waals surface area (Å²) in [6.45, 7) is 8.96. The number of rotatable bonds is 6. The Morgan fingerprint density at radius 3 is 2.47 bits per heavy atom. The summed E-state index contributed by atoms with van der Waals surface area (Å²) < 4.78 is 10.3. The molecule has 0 radical (unpaired) electrons. The van der Waals surface area contributed by atoms with Gasteiger partial charge < -0.3 is 19.7 Å². The highest BCUT2D eigenvalue weighted by Gasteiger charge is 2.25. The molecule has 0 spiro atoms. The molecule has 112 valence electrons. The Kier molecular flexibility index (Phi) is 7.16. The quantitative estimate of drug-likeness (QED) is 0.802. The molecule has 1 aliphatic rings. The monoisotopic (exact) mass is 272 g/mol. The number of amides is 1. The highest BCUT2D eigenvalue weighted by atomic mass is 16.6. The van der Waals surface area contributed by atoms with Crippen molar-refractivity contribution in [3.8, 4) is 0 Å². The van der Waals surface area contributed by atoms with E-state index in [-0.39, 0.29) is 6.09 Å². The van der Waals surface area contributed by atoms with Crippen molar-refractivity contribution >= 4 is 6.09 Å². The smallest absolute Gasteiger partial charge is 0.409 e. The Morgan fingerprint density at radius 1 is 1.37 bits per heavy atom. The maximum absolute atomic E-state index is 11.6. The molecule has 1 fully saturated rings. The standard InChI is InChI=1S/C14H28N2O3/c1-5-19-14(17)16-8-6-12(7-9-16)15-13(10-18-4)11(2)3/h11-13,15H,5-10H2,1-4H3. The third kappa shape index (κ3) is 5.37. The van der Waals surface area contributed by atoms with Gasteiger partial charge in [-0.05, 0) is 25.7 Å². The molecule has 1 saturated heterocycles. The summed E-state index contributed by atoms with van der Waals surface area (Å²) in [4.78, 5) is 13.4. The van der Waals surface area contributed by atoms with Gasteiger partial charge in [0.15, 0.2) is 0 Å². The van der Waals surface area contributed by atoms with Crippen molar-refractivity contribution in [3.63, 3.8) is 0 Å². The lowest BCUT2D eigenvalue weighted by Gasteiger charge is -2.34. The molecule has 0 aromatic carbocycles. The third-order valence-corrected chi connectivity index (χ3v) is 3.62. The van der Waals surface area contributed by atoms with Gasteiger partial charge in [0.25, 0.3) is 0 Å². The van der Waals surface area contributed by atoms with E-state index in [9.17, 15) is 4.79 Å². The lowest BCUT2D eigenvalue weighted by Crippen LogP contribution is -2.50. The lowest BCUT2D eigenvalue weighted by molar-refractivity contribution is 0.0887. The second-order valence-electron chi connectivity index (χ2n) is 5.43. The molecule has 1 aliphatic heterocycles. The van der Waals surface area contributed by atoms with Crippen LogP contribution in [-0.4, -0.2) is 56.5 Å². The molecule has 0 aliphatic carbocycles. The summed E-state index contributed by atoms with van der Waals surface area (Å²) in [6, 6.07) is 0.845. The number of nitrogens with zero attached hydrogens (tertiary/aromatic N) is 1. The minimum absolute atomic E-state index is 0.182. The van der Waals surface area contributed by atoms with Crippen molar-refractivity contribution in [3.05, 3.63) is 0 Å². The van der Waals surface area contributed by atoms with Crippen LogP contribution < -0.4 is 5.32 Å². The van der Waals surface area contributed by atoms with Crippen LogP contribution in [0.2, 0.25) is 0 Å². The minimum Gasteiger partial charge on any atom is -0.450 e. The zero-order valence-corrected chi connectivity index (χ0v) is 12.6. The van der Waals surface area contributed by atoms with Gasteiger partial charge >= 0.3 is 6.09 Å². The summed E-state index contributed by atoms with van der Waals surface area (Å²) in [7, 11) is 1.74. The van der Waals surface area contributed by atoms with Crippen LogP contribution in [0.25, 0.3) is 0 Å². The van der Waals surface area contributed by atoms with Crippen LogP contribution in [0, 0.1) is 5.92 Å². The fraction of sp³-hybridized carbons (Fsp3) is 0.929. The van der Waals surface area contributed by atoms with E-state index in [4.69, 9.17) is 9.47 Å². The number of ether oxygens (including phenoxy) is 2. The second kappa shape index (κ2) is 8.38. The van der Waals surface area contributed by atoms with Gasteiger partial charge in [-0.25, -0.2) is 4.79 Å². The van der Waals surface area contributed by atoms with E-state index in [0.717, 1.165) is 32.5 Å². The van der Waals surface area contributed by atoms with Gasteiger partial charge in [0, 0.05) is 32.3 Å². The summed E-state index contributed by atoms with van der Waals surface area (Å²) in [5.74, 6) is 0.544. The van der Waals surface area contributed by atoms with Gasteiger partial charge in [-0.3, -0.25) is 0 Å². The molecule has 1 amide bonds. The van der Waals surface area contributed by atoms with E-state index in [1.807, 2.05) is 6.92 Å². The fourth-order valence-electron chi connectivity index (χ4n) is 2.36. The molecule has 19 heavy (non-hydrogen) atoms. The van der Waals surface area contributed by atoms with E-state index >= 15 is 0 Å². The summed E-state index contributed by atoms with van der Waals surface area (Å²) in [5, 5.41) is 3.64. The van der Waals surface area contributed by atoms with E-state index in [1.54, 1.807) is 12.0 Å². The van der Waals surface area contributed by atoms with Crippen molar-refractivity contribution in [2.24, 2.45) is 5.92 Å². The Balaban J connectivity index is 2.34. The number of piperidine rings is 1. The van der Waals surface area contributed by atoms with Gasteiger partial charge in [-0.2, -0.15) is 0 Å². The van der Waals surface area contributed by atoms with Crippen LogP contribution in [0.3, 0.4) is 0 Å². The molecule has 1 heterocycles. The molecular formula is C14H28N2O3. The van der Waals surface area contributed by atoms with Crippen molar-refractivity contribution in [2.45, 2.75) is 45.7 Å². The SMILES string of the molecule is CCOC(=O)N1CCC(NC(COC)C(C)C)CC1. The van der Waals surface area contributed by atoms with Crippen LogP contribution in [0.1, 0.15) is 33.6 Å². The number of methoxy groups -OCH3 is 1. The first-order valence-electron chi connectivity index (χ1n) is 7.25. The summed E-state index contributed by atoms with van der Waals surface area (Å²) >= 11 is 0. The molecule has 0 bridgehead atoms. The van der Waals surface area contributed by atoms with Crippen molar-refractivity contribution in [1.29, 1.82) is 0 Å². The minimum atomic E-state index is -0.182. The van der Waals surface area contributed by atoms with Crippen LogP contribution >= 0.6 is 0 Å². The van der Waals surface area contributed by atoms with E-state index < -0.39 is 0 Å². The third-order valence-electron chi connectivity index (χ3n) is 3.62. The van der Waals surface area contributed by atoms with Gasteiger partial charge in [-0.1, -0.05) is 13.8 Å². The number of carbonyl (C=O) groups is 1. The molecule has 1 N–H and O–H groups in total. The van der Waals surface area contributed by atoms with Gasteiger partial charge in [0.2, 0.25) is 0 Å². The largest absolute Gasteiger partial charge is 0.450 e. The highest BCUT2D eigenvalue weighted by molar-refractivity contribution is 5.67. The molecular weight excluding hydrogens is 244 g/mol. The lowest BCUT2D eigenvalue weighted by atomic mass is 10.00. The Bertz CT molecular complexity index is 263. The normalized spacial score (nSPS) is 18.7. The van der Waals surface area contributed by atoms with Gasteiger partial charge in [0.05, 0.1) is 13.2 Å². The van der Waals surface area contributed by atoms with Crippen molar-refractivity contribution in [2.75, 3.05) is 33.4 Å². The number of hydrogen-bond acceptors (Lipinski definition) is 4. The first kappa shape index (κ1) is 16.2. The first-order valence-corrected chi connectivity index (χ1v) is 7.25. The average Bonchev–Trinajstić information content (AvgIpc) is 2.39. The Morgan fingerprint density at radius 2 is 2.00 bits per heavy atom. The molecule has 5 nitrogen and oxygen atoms in total. The number of hydrogen-bond donors (Lipinski definition) is 1. The topological polar surface area (TPSA) is 50.8 Å². The van der Waals surface area contributed by atoms with Crippen molar-refractivity contribution in [1.82, 2.24) is 10.2 Å². The zero-order chi connectivity index (χ0) is 14.3. The molecule has 0 aromatic heterocycles. The van der Waals surface area contributed by atoms with Gasteiger partial charge in [-0.15, -0.1) is 0 Å². The predicted molar refractivity (Wildman–Crippen MR) is 75.3 cm³/mol. The van der Waals surface area contributed by atoms with Crippen LogP contribution in [0.4, 0.5) is 4.79 Å². The number of carbonyl (C=O) groups excluding carboxylic acids is 1. The maximum Gasteiger partial charge on any atom is 0.409 e. The fourth-order valence-corrected chi connectivity index (χ4v) is 2.36. The van der Waals surface area contributed by atoms with E-state index in [1.165, 1.54) is 0 Å². The molecule has 1 unspecified atom stereocenters. The van der Waals surface area contributed by atoms with E-state index in [0.29, 0.717) is 24.6 Å². The highest BCUT2D eigenvalue weighted by Crippen LogP contribution is 2.14. The number of nitrogens with one attached hydrogen (secondary N) is 1. The predicted octanol–water partition coefficient (Wildman–Crippen LogP) is 1.87. The number of likely N-dealkylation sites (tertiary alicyclic amines) is 1. The summed E-state index contributed by atoms with van der Waals surface area (Å²) in [6.07, 6.45) is 1.77.